The fraction of sp³-hybridized carbons (Fsp3) is 0.333. The number of carbonyl (C=O) groups is 1. The zero-order valence-corrected chi connectivity index (χ0v) is 16.1. The molecular formula is C21H25N3OS. The summed E-state index contributed by atoms with van der Waals surface area (Å²) >= 11 is 5.26. The van der Waals surface area contributed by atoms with Crippen LogP contribution in [-0.2, 0) is 0 Å². The molecule has 1 aliphatic rings. The van der Waals surface area contributed by atoms with E-state index in [0.717, 1.165) is 17.8 Å². The number of hydrogen-bond acceptors (Lipinski definition) is 3. The number of nitrogens with one attached hydrogen (secondary N) is 2. The molecule has 2 N–H and O–H groups in total. The number of aryl methyl sites for hydroxylation is 1. The molecule has 1 atom stereocenters. The summed E-state index contributed by atoms with van der Waals surface area (Å²) < 4.78 is 0. The van der Waals surface area contributed by atoms with Gasteiger partial charge < -0.3 is 10.2 Å². The molecule has 0 unspecified atom stereocenters. The van der Waals surface area contributed by atoms with Crippen LogP contribution in [0.1, 0.15) is 42.1 Å². The van der Waals surface area contributed by atoms with Crippen molar-refractivity contribution >= 4 is 34.6 Å². The van der Waals surface area contributed by atoms with E-state index in [9.17, 15) is 4.79 Å². The maximum Gasteiger partial charge on any atom is 0.257 e. The first-order valence-electron chi connectivity index (χ1n) is 9.08. The largest absolute Gasteiger partial charge is 0.369 e. The molecule has 0 saturated carbocycles. The Kier molecular flexibility index (Phi) is 5.89. The average Bonchev–Trinajstić information content (AvgIpc) is 2.63. The van der Waals surface area contributed by atoms with Gasteiger partial charge in [0.2, 0.25) is 0 Å². The lowest BCUT2D eigenvalue weighted by atomic mass is 10.0. The highest BCUT2D eigenvalue weighted by Gasteiger charge is 2.18. The molecule has 0 spiro atoms. The third-order valence-electron chi connectivity index (χ3n) is 4.80. The smallest absolute Gasteiger partial charge is 0.257 e. The summed E-state index contributed by atoms with van der Waals surface area (Å²) in [4.78, 5) is 14.7. The fourth-order valence-electron chi connectivity index (χ4n) is 3.26. The van der Waals surface area contributed by atoms with E-state index in [1.165, 1.54) is 24.9 Å². The fourth-order valence-corrected chi connectivity index (χ4v) is 3.47. The predicted octanol–water partition coefficient (Wildman–Crippen LogP) is 4.50. The van der Waals surface area contributed by atoms with E-state index in [4.69, 9.17) is 12.2 Å². The Morgan fingerprint density at radius 2 is 1.77 bits per heavy atom. The van der Waals surface area contributed by atoms with Crippen molar-refractivity contribution in [3.05, 3.63) is 59.7 Å². The summed E-state index contributed by atoms with van der Waals surface area (Å²) in [7, 11) is 0. The number of benzene rings is 2. The van der Waals surface area contributed by atoms with Crippen LogP contribution in [0.2, 0.25) is 0 Å². The van der Waals surface area contributed by atoms with Gasteiger partial charge in [-0.3, -0.25) is 10.1 Å². The minimum atomic E-state index is -0.207. The first-order valence-corrected chi connectivity index (χ1v) is 9.49. The molecular weight excluding hydrogens is 342 g/mol. The highest BCUT2D eigenvalue weighted by molar-refractivity contribution is 7.80. The topological polar surface area (TPSA) is 44.4 Å². The Hall–Kier alpha value is -2.40. The average molecular weight is 368 g/mol. The maximum atomic E-state index is 12.2. The minimum Gasteiger partial charge on any atom is -0.369 e. The highest BCUT2D eigenvalue weighted by Crippen LogP contribution is 2.25. The number of rotatable bonds is 3. The van der Waals surface area contributed by atoms with Crippen LogP contribution < -0.4 is 15.5 Å². The van der Waals surface area contributed by atoms with Gasteiger partial charge in [-0.1, -0.05) is 17.7 Å². The van der Waals surface area contributed by atoms with Crippen LogP contribution in [0.25, 0.3) is 0 Å². The van der Waals surface area contributed by atoms with Crippen LogP contribution >= 0.6 is 12.2 Å². The molecule has 1 fully saturated rings. The number of hydrogen-bond donors (Lipinski definition) is 2. The molecule has 136 valence electrons. The van der Waals surface area contributed by atoms with Gasteiger partial charge in [0.1, 0.15) is 0 Å². The lowest BCUT2D eigenvalue weighted by Crippen LogP contribution is -2.37. The van der Waals surface area contributed by atoms with Crippen molar-refractivity contribution in [2.75, 3.05) is 16.8 Å². The van der Waals surface area contributed by atoms with Crippen molar-refractivity contribution in [2.24, 2.45) is 0 Å². The molecule has 4 nitrogen and oxygen atoms in total. The molecule has 3 rings (SSSR count). The molecule has 0 radical (unpaired) electrons. The van der Waals surface area contributed by atoms with E-state index in [1.807, 2.05) is 31.2 Å². The van der Waals surface area contributed by atoms with Crippen LogP contribution in [0, 0.1) is 6.92 Å². The Morgan fingerprint density at radius 1 is 1.08 bits per heavy atom. The molecule has 5 heteroatoms. The molecule has 0 aliphatic carbocycles. The van der Waals surface area contributed by atoms with Crippen molar-refractivity contribution in [1.29, 1.82) is 0 Å². The second-order valence-corrected chi connectivity index (χ2v) is 7.27. The van der Waals surface area contributed by atoms with Crippen LogP contribution in [0.3, 0.4) is 0 Å². The summed E-state index contributed by atoms with van der Waals surface area (Å²) in [5, 5.41) is 6.10. The SMILES string of the molecule is Cc1ccc(C(=O)NC(=S)Nc2ccc(N3CCCC[C@H]3C)cc2)cc1. The molecule has 1 heterocycles. The Bertz CT molecular complexity index is 771. The van der Waals surface area contributed by atoms with E-state index in [-0.39, 0.29) is 5.91 Å². The van der Waals surface area contributed by atoms with E-state index >= 15 is 0 Å². The van der Waals surface area contributed by atoms with Crippen LogP contribution in [0.5, 0.6) is 0 Å². The van der Waals surface area contributed by atoms with Gasteiger partial charge >= 0.3 is 0 Å². The number of thiocarbonyl (C=S) groups is 1. The highest BCUT2D eigenvalue weighted by atomic mass is 32.1. The Labute approximate surface area is 160 Å². The van der Waals surface area contributed by atoms with E-state index in [1.54, 1.807) is 12.1 Å². The van der Waals surface area contributed by atoms with E-state index < -0.39 is 0 Å². The standard InChI is InChI=1S/C21H25N3OS/c1-15-6-8-17(9-7-15)20(25)23-21(26)22-18-10-12-19(13-11-18)24-14-4-3-5-16(24)2/h6-13,16H,3-5,14H2,1-2H3,(H2,22,23,25,26)/t16-/m1/s1. The number of anilines is 2. The summed E-state index contributed by atoms with van der Waals surface area (Å²) in [6.07, 6.45) is 3.81. The van der Waals surface area contributed by atoms with E-state index in [0.29, 0.717) is 16.7 Å². The lowest BCUT2D eigenvalue weighted by Gasteiger charge is -2.35. The first-order chi connectivity index (χ1) is 12.5. The van der Waals surface area contributed by atoms with Gasteiger partial charge in [-0.2, -0.15) is 0 Å². The zero-order valence-electron chi connectivity index (χ0n) is 15.3. The van der Waals surface area contributed by atoms with Gasteiger partial charge in [-0.15, -0.1) is 0 Å². The monoisotopic (exact) mass is 367 g/mol. The third-order valence-corrected chi connectivity index (χ3v) is 5.00. The van der Waals surface area contributed by atoms with Gasteiger partial charge in [0.05, 0.1) is 0 Å². The molecule has 0 aromatic heterocycles. The maximum absolute atomic E-state index is 12.2. The van der Waals surface area contributed by atoms with Crippen molar-refractivity contribution in [3.63, 3.8) is 0 Å². The summed E-state index contributed by atoms with van der Waals surface area (Å²) in [5.74, 6) is -0.207. The van der Waals surface area contributed by atoms with Crippen molar-refractivity contribution < 1.29 is 4.79 Å². The number of carbonyl (C=O) groups excluding carboxylic acids is 1. The molecule has 1 aliphatic heterocycles. The van der Waals surface area contributed by atoms with Gasteiger partial charge in [-0.05, 0) is 81.7 Å². The Balaban J connectivity index is 1.57. The second kappa shape index (κ2) is 8.32. The predicted molar refractivity (Wildman–Crippen MR) is 112 cm³/mol. The summed E-state index contributed by atoms with van der Waals surface area (Å²) in [5.41, 5.74) is 3.81. The minimum absolute atomic E-state index is 0.207. The van der Waals surface area contributed by atoms with Gasteiger partial charge in [0, 0.05) is 29.5 Å². The van der Waals surface area contributed by atoms with Crippen LogP contribution in [0.4, 0.5) is 11.4 Å². The van der Waals surface area contributed by atoms with Crippen molar-refractivity contribution in [2.45, 2.75) is 39.2 Å². The van der Waals surface area contributed by atoms with Crippen molar-refractivity contribution in [1.82, 2.24) is 5.32 Å². The van der Waals surface area contributed by atoms with Crippen LogP contribution in [-0.4, -0.2) is 23.6 Å². The van der Waals surface area contributed by atoms with Gasteiger partial charge in [0.25, 0.3) is 5.91 Å². The summed E-state index contributed by atoms with van der Waals surface area (Å²) in [6, 6.07) is 16.2. The first kappa shape index (κ1) is 18.4. The number of nitrogens with zero attached hydrogens (tertiary/aromatic N) is 1. The normalized spacial score (nSPS) is 16.8. The van der Waals surface area contributed by atoms with E-state index in [2.05, 4.69) is 34.6 Å². The molecule has 0 bridgehead atoms. The van der Waals surface area contributed by atoms with Gasteiger partial charge in [-0.25, -0.2) is 0 Å². The molecule has 2 aromatic rings. The Morgan fingerprint density at radius 3 is 2.42 bits per heavy atom. The van der Waals surface area contributed by atoms with Crippen molar-refractivity contribution in [3.8, 4) is 0 Å². The second-order valence-electron chi connectivity index (χ2n) is 6.86. The zero-order chi connectivity index (χ0) is 18.5. The lowest BCUT2D eigenvalue weighted by molar-refractivity contribution is 0.0977. The number of amides is 1. The summed E-state index contributed by atoms with van der Waals surface area (Å²) in [6.45, 7) is 5.38. The van der Waals surface area contributed by atoms with Gasteiger partial charge in [0.15, 0.2) is 5.11 Å². The molecule has 1 saturated heterocycles. The third kappa shape index (κ3) is 4.61. The van der Waals surface area contributed by atoms with Crippen LogP contribution in [0.15, 0.2) is 48.5 Å². The molecule has 2 aromatic carbocycles. The quantitative estimate of drug-likeness (QED) is 0.784. The molecule has 26 heavy (non-hydrogen) atoms. The number of piperidine rings is 1. The molecule has 1 amide bonds.